The standard InChI is InChI=1S/C15H24N2/c1-3-12-7-4-5-9-14(12)15(16-2)13-8-6-10-17-11-13/h6,8,10-12,14-16H,3-5,7,9H2,1-2H3. The van der Waals surface area contributed by atoms with Crippen LogP contribution < -0.4 is 5.32 Å². The van der Waals surface area contributed by atoms with Gasteiger partial charge in [-0.1, -0.05) is 38.7 Å². The number of rotatable bonds is 4. The first-order chi connectivity index (χ1) is 8.36. The van der Waals surface area contributed by atoms with Crippen LogP contribution in [-0.2, 0) is 0 Å². The Bertz CT molecular complexity index is 323. The number of hydrogen-bond donors (Lipinski definition) is 1. The van der Waals surface area contributed by atoms with E-state index in [0.29, 0.717) is 6.04 Å². The monoisotopic (exact) mass is 232 g/mol. The van der Waals surface area contributed by atoms with E-state index in [0.717, 1.165) is 11.8 Å². The van der Waals surface area contributed by atoms with Gasteiger partial charge in [0.2, 0.25) is 0 Å². The van der Waals surface area contributed by atoms with Crippen LogP contribution in [0, 0.1) is 11.8 Å². The molecule has 2 rings (SSSR count). The first-order valence-corrected chi connectivity index (χ1v) is 6.94. The van der Waals surface area contributed by atoms with Crippen molar-refractivity contribution in [2.45, 2.75) is 45.1 Å². The van der Waals surface area contributed by atoms with Crippen LogP contribution in [0.4, 0.5) is 0 Å². The number of hydrogen-bond acceptors (Lipinski definition) is 2. The molecule has 3 atom stereocenters. The van der Waals surface area contributed by atoms with Crippen molar-refractivity contribution in [3.63, 3.8) is 0 Å². The Hall–Kier alpha value is -0.890. The maximum absolute atomic E-state index is 4.26. The smallest absolute Gasteiger partial charge is 0.0364 e. The minimum absolute atomic E-state index is 0.481. The first kappa shape index (κ1) is 12.6. The summed E-state index contributed by atoms with van der Waals surface area (Å²) in [6.07, 6.45) is 10.7. The highest BCUT2D eigenvalue weighted by molar-refractivity contribution is 5.15. The van der Waals surface area contributed by atoms with Crippen LogP contribution in [0.5, 0.6) is 0 Å². The van der Waals surface area contributed by atoms with E-state index in [4.69, 9.17) is 0 Å². The van der Waals surface area contributed by atoms with Crippen LogP contribution >= 0.6 is 0 Å². The summed E-state index contributed by atoms with van der Waals surface area (Å²) in [5, 5.41) is 3.51. The van der Waals surface area contributed by atoms with Gasteiger partial charge in [0.25, 0.3) is 0 Å². The molecule has 0 aliphatic heterocycles. The second kappa shape index (κ2) is 6.15. The van der Waals surface area contributed by atoms with E-state index < -0.39 is 0 Å². The fraction of sp³-hybridized carbons (Fsp3) is 0.667. The van der Waals surface area contributed by atoms with E-state index in [9.17, 15) is 0 Å². The minimum atomic E-state index is 0.481. The second-order valence-corrected chi connectivity index (χ2v) is 5.17. The summed E-state index contributed by atoms with van der Waals surface area (Å²) in [4.78, 5) is 4.26. The lowest BCUT2D eigenvalue weighted by Crippen LogP contribution is -2.32. The summed E-state index contributed by atoms with van der Waals surface area (Å²) < 4.78 is 0. The number of nitrogens with zero attached hydrogens (tertiary/aromatic N) is 1. The molecule has 1 heterocycles. The molecule has 0 saturated heterocycles. The van der Waals surface area contributed by atoms with Crippen molar-refractivity contribution in [3.05, 3.63) is 30.1 Å². The maximum Gasteiger partial charge on any atom is 0.0364 e. The molecule has 0 amide bonds. The minimum Gasteiger partial charge on any atom is -0.313 e. The summed E-state index contributed by atoms with van der Waals surface area (Å²) in [5.74, 6) is 1.66. The molecule has 0 aromatic carbocycles. The summed E-state index contributed by atoms with van der Waals surface area (Å²) in [7, 11) is 2.08. The topological polar surface area (TPSA) is 24.9 Å². The summed E-state index contributed by atoms with van der Waals surface area (Å²) in [5.41, 5.74) is 1.35. The molecule has 94 valence electrons. The predicted molar refractivity (Wildman–Crippen MR) is 71.8 cm³/mol. The Morgan fingerprint density at radius 2 is 2.24 bits per heavy atom. The molecule has 1 aliphatic carbocycles. The zero-order valence-electron chi connectivity index (χ0n) is 11.0. The van der Waals surface area contributed by atoms with Crippen LogP contribution in [0.1, 0.15) is 50.6 Å². The van der Waals surface area contributed by atoms with Gasteiger partial charge in [-0.05, 0) is 36.9 Å². The molecule has 1 saturated carbocycles. The molecule has 3 unspecified atom stereocenters. The normalized spacial score (nSPS) is 26.7. The summed E-state index contributed by atoms with van der Waals surface area (Å²) >= 11 is 0. The molecule has 2 nitrogen and oxygen atoms in total. The Labute approximate surface area is 105 Å². The highest BCUT2D eigenvalue weighted by Gasteiger charge is 2.30. The third kappa shape index (κ3) is 2.86. The van der Waals surface area contributed by atoms with Gasteiger partial charge in [0, 0.05) is 18.4 Å². The van der Waals surface area contributed by atoms with Gasteiger partial charge in [-0.2, -0.15) is 0 Å². The van der Waals surface area contributed by atoms with Crippen LogP contribution in [0.25, 0.3) is 0 Å². The van der Waals surface area contributed by atoms with E-state index in [-0.39, 0.29) is 0 Å². The Morgan fingerprint density at radius 3 is 2.88 bits per heavy atom. The van der Waals surface area contributed by atoms with Crippen molar-refractivity contribution in [2.24, 2.45) is 11.8 Å². The van der Waals surface area contributed by atoms with Gasteiger partial charge in [-0.15, -0.1) is 0 Å². The van der Waals surface area contributed by atoms with Gasteiger partial charge in [0.05, 0.1) is 0 Å². The van der Waals surface area contributed by atoms with E-state index in [1.807, 2.05) is 18.5 Å². The van der Waals surface area contributed by atoms with E-state index in [1.165, 1.54) is 37.7 Å². The molecule has 0 bridgehead atoms. The largest absolute Gasteiger partial charge is 0.313 e. The summed E-state index contributed by atoms with van der Waals surface area (Å²) in [6, 6.07) is 4.73. The zero-order valence-corrected chi connectivity index (χ0v) is 11.0. The Balaban J connectivity index is 2.16. The van der Waals surface area contributed by atoms with Crippen molar-refractivity contribution in [3.8, 4) is 0 Å². The molecule has 1 aliphatic rings. The highest BCUT2D eigenvalue weighted by atomic mass is 14.9. The van der Waals surface area contributed by atoms with E-state index in [2.05, 4.69) is 30.3 Å². The quantitative estimate of drug-likeness (QED) is 0.858. The van der Waals surface area contributed by atoms with Crippen LogP contribution in [0.15, 0.2) is 24.5 Å². The lowest BCUT2D eigenvalue weighted by Gasteiger charge is -2.37. The SMILES string of the molecule is CCC1CCCCC1C(NC)c1cccnc1. The van der Waals surface area contributed by atoms with Crippen LogP contribution in [0.3, 0.4) is 0 Å². The van der Waals surface area contributed by atoms with E-state index >= 15 is 0 Å². The molecule has 0 spiro atoms. The maximum atomic E-state index is 4.26. The molecular formula is C15H24N2. The lowest BCUT2D eigenvalue weighted by molar-refractivity contribution is 0.180. The fourth-order valence-corrected chi connectivity index (χ4v) is 3.37. The van der Waals surface area contributed by atoms with Crippen molar-refractivity contribution >= 4 is 0 Å². The van der Waals surface area contributed by atoms with Gasteiger partial charge in [-0.3, -0.25) is 4.98 Å². The Kier molecular flexibility index (Phi) is 4.55. The van der Waals surface area contributed by atoms with Gasteiger partial charge in [0.1, 0.15) is 0 Å². The molecule has 2 heteroatoms. The number of nitrogens with one attached hydrogen (secondary N) is 1. The average Bonchev–Trinajstić information content (AvgIpc) is 2.41. The third-order valence-electron chi connectivity index (χ3n) is 4.27. The molecule has 1 fully saturated rings. The Morgan fingerprint density at radius 1 is 1.41 bits per heavy atom. The third-order valence-corrected chi connectivity index (χ3v) is 4.27. The van der Waals surface area contributed by atoms with Crippen molar-refractivity contribution < 1.29 is 0 Å². The molecule has 1 aromatic heterocycles. The van der Waals surface area contributed by atoms with E-state index in [1.54, 1.807) is 0 Å². The van der Waals surface area contributed by atoms with Crippen LogP contribution in [0.2, 0.25) is 0 Å². The van der Waals surface area contributed by atoms with Crippen molar-refractivity contribution in [2.75, 3.05) is 7.05 Å². The van der Waals surface area contributed by atoms with Gasteiger partial charge >= 0.3 is 0 Å². The molecule has 1 aromatic rings. The fourth-order valence-electron chi connectivity index (χ4n) is 3.37. The average molecular weight is 232 g/mol. The first-order valence-electron chi connectivity index (χ1n) is 6.94. The predicted octanol–water partition coefficient (Wildman–Crippen LogP) is 3.56. The lowest BCUT2D eigenvalue weighted by atomic mass is 9.72. The summed E-state index contributed by atoms with van der Waals surface area (Å²) in [6.45, 7) is 2.33. The van der Waals surface area contributed by atoms with Crippen molar-refractivity contribution in [1.82, 2.24) is 10.3 Å². The molecule has 1 N–H and O–H groups in total. The van der Waals surface area contributed by atoms with Gasteiger partial charge < -0.3 is 5.32 Å². The zero-order chi connectivity index (χ0) is 12.1. The van der Waals surface area contributed by atoms with Crippen molar-refractivity contribution in [1.29, 1.82) is 0 Å². The second-order valence-electron chi connectivity index (χ2n) is 5.17. The molecule has 17 heavy (non-hydrogen) atoms. The molecule has 0 radical (unpaired) electrons. The van der Waals surface area contributed by atoms with Gasteiger partial charge in [0.15, 0.2) is 0 Å². The molecular weight excluding hydrogens is 208 g/mol. The van der Waals surface area contributed by atoms with Crippen LogP contribution in [-0.4, -0.2) is 12.0 Å². The number of aromatic nitrogens is 1. The number of pyridine rings is 1. The highest BCUT2D eigenvalue weighted by Crippen LogP contribution is 2.39. The van der Waals surface area contributed by atoms with Gasteiger partial charge in [-0.25, -0.2) is 0 Å².